The third-order valence-electron chi connectivity index (χ3n) is 4.54. The quantitative estimate of drug-likeness (QED) is 0.774. The number of nitrogens with zero attached hydrogens (tertiary/aromatic N) is 1. The molecule has 1 aliphatic carbocycles. The first-order chi connectivity index (χ1) is 11.7. The Morgan fingerprint density at radius 2 is 1.92 bits per heavy atom. The molecule has 2 N–H and O–H groups in total. The lowest BCUT2D eigenvalue weighted by Crippen LogP contribution is -2.36. The third kappa shape index (κ3) is 2.69. The SMILES string of the molecule is O=C(Cc1cc2ccccc2[nH]c1=O)NC1(c2ccncc2)CC1. The van der Waals surface area contributed by atoms with Crippen LogP contribution in [0.1, 0.15) is 24.0 Å². The van der Waals surface area contributed by atoms with Crippen LogP contribution in [0.15, 0.2) is 59.7 Å². The lowest BCUT2D eigenvalue weighted by atomic mass is 10.1. The van der Waals surface area contributed by atoms with E-state index in [9.17, 15) is 9.59 Å². The van der Waals surface area contributed by atoms with Gasteiger partial charge in [0.1, 0.15) is 0 Å². The number of H-pyrrole nitrogens is 1. The lowest BCUT2D eigenvalue weighted by Gasteiger charge is -2.17. The highest BCUT2D eigenvalue weighted by Gasteiger charge is 2.45. The molecule has 4 rings (SSSR count). The summed E-state index contributed by atoms with van der Waals surface area (Å²) in [6, 6.07) is 13.2. The maximum atomic E-state index is 12.5. The van der Waals surface area contributed by atoms with Crippen molar-refractivity contribution in [2.24, 2.45) is 0 Å². The molecule has 1 fully saturated rings. The van der Waals surface area contributed by atoms with E-state index in [1.165, 1.54) is 0 Å². The molecule has 0 saturated heterocycles. The van der Waals surface area contributed by atoms with E-state index in [0.717, 1.165) is 29.3 Å². The molecule has 0 radical (unpaired) electrons. The molecular formula is C19H17N3O2. The average molecular weight is 319 g/mol. The molecule has 2 heterocycles. The van der Waals surface area contributed by atoms with E-state index in [4.69, 9.17) is 0 Å². The maximum Gasteiger partial charge on any atom is 0.252 e. The van der Waals surface area contributed by atoms with Crippen LogP contribution < -0.4 is 10.9 Å². The van der Waals surface area contributed by atoms with Gasteiger partial charge < -0.3 is 10.3 Å². The number of nitrogens with one attached hydrogen (secondary N) is 2. The molecule has 5 nitrogen and oxygen atoms in total. The van der Waals surface area contributed by atoms with Crippen molar-refractivity contribution in [1.82, 2.24) is 15.3 Å². The van der Waals surface area contributed by atoms with Crippen molar-refractivity contribution in [3.05, 3.63) is 76.3 Å². The Balaban J connectivity index is 1.55. The Morgan fingerprint density at radius 3 is 2.67 bits per heavy atom. The normalized spacial score (nSPS) is 15.2. The number of carbonyl (C=O) groups excluding carboxylic acids is 1. The summed E-state index contributed by atoms with van der Waals surface area (Å²) < 4.78 is 0. The molecule has 24 heavy (non-hydrogen) atoms. The number of aromatic nitrogens is 2. The van der Waals surface area contributed by atoms with E-state index >= 15 is 0 Å². The van der Waals surface area contributed by atoms with Crippen molar-refractivity contribution in [3.63, 3.8) is 0 Å². The monoisotopic (exact) mass is 319 g/mol. The van der Waals surface area contributed by atoms with Crippen molar-refractivity contribution in [2.45, 2.75) is 24.8 Å². The molecule has 1 aliphatic rings. The molecule has 2 aromatic heterocycles. The van der Waals surface area contributed by atoms with Crippen molar-refractivity contribution < 1.29 is 4.79 Å². The van der Waals surface area contributed by atoms with Crippen LogP contribution in [0.25, 0.3) is 10.9 Å². The number of para-hydroxylation sites is 1. The Bertz CT molecular complexity index is 959. The first kappa shape index (κ1) is 14.6. The van der Waals surface area contributed by atoms with E-state index < -0.39 is 0 Å². The minimum atomic E-state index is -0.288. The van der Waals surface area contributed by atoms with Gasteiger partial charge in [-0.25, -0.2) is 0 Å². The number of fused-ring (bicyclic) bond motifs is 1. The summed E-state index contributed by atoms with van der Waals surface area (Å²) in [5.74, 6) is -0.134. The summed E-state index contributed by atoms with van der Waals surface area (Å²) in [4.78, 5) is 31.5. The van der Waals surface area contributed by atoms with Crippen LogP contribution in [0, 0.1) is 0 Å². The van der Waals surface area contributed by atoms with Crippen molar-refractivity contribution in [2.75, 3.05) is 0 Å². The molecule has 5 heteroatoms. The minimum absolute atomic E-state index is 0.0764. The van der Waals surface area contributed by atoms with E-state index in [1.807, 2.05) is 36.4 Å². The maximum absolute atomic E-state index is 12.5. The lowest BCUT2D eigenvalue weighted by molar-refractivity contribution is -0.121. The molecule has 1 aromatic carbocycles. The number of rotatable bonds is 4. The van der Waals surface area contributed by atoms with Crippen LogP contribution in [0.3, 0.4) is 0 Å². The highest BCUT2D eigenvalue weighted by molar-refractivity contribution is 5.83. The molecule has 120 valence electrons. The minimum Gasteiger partial charge on any atom is -0.346 e. The van der Waals surface area contributed by atoms with Gasteiger partial charge in [0.05, 0.1) is 12.0 Å². The number of hydrogen-bond donors (Lipinski definition) is 2. The largest absolute Gasteiger partial charge is 0.346 e. The fraction of sp³-hybridized carbons (Fsp3) is 0.211. The van der Waals surface area contributed by atoms with Crippen LogP contribution in [0.2, 0.25) is 0 Å². The van der Waals surface area contributed by atoms with Crippen LogP contribution in [-0.2, 0) is 16.8 Å². The smallest absolute Gasteiger partial charge is 0.252 e. The van der Waals surface area contributed by atoms with Gasteiger partial charge in [0.15, 0.2) is 0 Å². The van der Waals surface area contributed by atoms with E-state index in [-0.39, 0.29) is 23.4 Å². The zero-order chi connectivity index (χ0) is 16.6. The van der Waals surface area contributed by atoms with Gasteiger partial charge in [-0.15, -0.1) is 0 Å². The second-order valence-corrected chi connectivity index (χ2v) is 6.25. The van der Waals surface area contributed by atoms with Gasteiger partial charge in [0.2, 0.25) is 5.91 Å². The zero-order valence-corrected chi connectivity index (χ0v) is 13.1. The van der Waals surface area contributed by atoms with Crippen molar-refractivity contribution >= 4 is 16.8 Å². The zero-order valence-electron chi connectivity index (χ0n) is 13.1. The molecule has 0 unspecified atom stereocenters. The Labute approximate surface area is 138 Å². The van der Waals surface area contributed by atoms with Gasteiger partial charge in [-0.3, -0.25) is 14.6 Å². The van der Waals surface area contributed by atoms with Gasteiger partial charge in [-0.05, 0) is 48.1 Å². The number of aromatic amines is 1. The topological polar surface area (TPSA) is 74.8 Å². The molecule has 0 spiro atoms. The Kier molecular flexibility index (Phi) is 3.41. The summed E-state index contributed by atoms with van der Waals surface area (Å²) in [5, 5.41) is 4.01. The van der Waals surface area contributed by atoms with E-state index in [1.54, 1.807) is 18.5 Å². The Morgan fingerprint density at radius 1 is 1.17 bits per heavy atom. The second kappa shape index (κ2) is 5.60. The summed E-state index contributed by atoms with van der Waals surface area (Å²) in [5.41, 5.74) is 1.83. The van der Waals surface area contributed by atoms with Crippen molar-refractivity contribution in [3.8, 4) is 0 Å². The molecule has 1 amide bonds. The van der Waals surface area contributed by atoms with Crippen molar-refractivity contribution in [1.29, 1.82) is 0 Å². The van der Waals surface area contributed by atoms with Gasteiger partial charge in [0.25, 0.3) is 5.56 Å². The van der Waals surface area contributed by atoms with Gasteiger partial charge in [-0.1, -0.05) is 18.2 Å². The summed E-state index contributed by atoms with van der Waals surface area (Å²) >= 11 is 0. The summed E-state index contributed by atoms with van der Waals surface area (Å²) in [6.45, 7) is 0. The molecule has 3 aromatic rings. The summed E-state index contributed by atoms with van der Waals surface area (Å²) in [6.07, 6.45) is 5.37. The van der Waals surface area contributed by atoms with Gasteiger partial charge >= 0.3 is 0 Å². The first-order valence-corrected chi connectivity index (χ1v) is 7.99. The van der Waals surface area contributed by atoms with Gasteiger partial charge in [0, 0.05) is 23.5 Å². The summed E-state index contributed by atoms with van der Waals surface area (Å²) in [7, 11) is 0. The Hall–Kier alpha value is -2.95. The number of hydrogen-bond acceptors (Lipinski definition) is 3. The van der Waals surface area contributed by atoms with Crippen LogP contribution in [0.5, 0.6) is 0 Å². The highest BCUT2D eigenvalue weighted by Crippen LogP contribution is 2.45. The fourth-order valence-corrected chi connectivity index (χ4v) is 3.09. The second-order valence-electron chi connectivity index (χ2n) is 6.25. The number of pyridine rings is 2. The molecule has 0 bridgehead atoms. The van der Waals surface area contributed by atoms with Crippen LogP contribution in [-0.4, -0.2) is 15.9 Å². The highest BCUT2D eigenvalue weighted by atomic mass is 16.2. The molecular weight excluding hydrogens is 302 g/mol. The predicted octanol–water partition coefficient (Wildman–Crippen LogP) is 2.27. The third-order valence-corrected chi connectivity index (χ3v) is 4.54. The predicted molar refractivity (Wildman–Crippen MR) is 91.6 cm³/mol. The average Bonchev–Trinajstić information content (AvgIpc) is 3.37. The van der Waals surface area contributed by atoms with Gasteiger partial charge in [-0.2, -0.15) is 0 Å². The molecule has 0 aliphatic heterocycles. The molecule has 1 saturated carbocycles. The molecule has 0 atom stereocenters. The number of carbonyl (C=O) groups is 1. The standard InChI is InChI=1S/C19H17N3O2/c23-17(22-19(7-8-19)15-5-9-20-10-6-15)12-14-11-13-3-1-2-4-16(13)21-18(14)24/h1-6,9-11H,7-8,12H2,(H,21,24)(H,22,23). The van der Waals surface area contributed by atoms with Crippen LogP contribution in [0.4, 0.5) is 0 Å². The first-order valence-electron chi connectivity index (χ1n) is 7.99. The number of benzene rings is 1. The van der Waals surface area contributed by atoms with E-state index in [0.29, 0.717) is 5.56 Å². The van der Waals surface area contributed by atoms with Crippen LogP contribution >= 0.6 is 0 Å². The number of amides is 1. The van der Waals surface area contributed by atoms with E-state index in [2.05, 4.69) is 15.3 Å². The fourth-order valence-electron chi connectivity index (χ4n) is 3.09.